The van der Waals surface area contributed by atoms with Crippen LogP contribution >= 0.6 is 34.5 Å². The Morgan fingerprint density at radius 3 is 2.51 bits per heavy atom. The highest BCUT2D eigenvalue weighted by molar-refractivity contribution is 7.11. The number of hydrogen-bond acceptors (Lipinski definition) is 6. The lowest BCUT2D eigenvalue weighted by molar-refractivity contribution is 0.00253. The maximum absolute atomic E-state index is 14.6. The third-order valence-corrected chi connectivity index (χ3v) is 7.95. The fourth-order valence-corrected chi connectivity index (χ4v) is 5.39. The summed E-state index contributed by atoms with van der Waals surface area (Å²) >= 11 is 13.3. The summed E-state index contributed by atoms with van der Waals surface area (Å²) in [7, 11) is 0. The van der Waals surface area contributed by atoms with Crippen molar-refractivity contribution in [1.82, 2.24) is 19.7 Å². The Balaban J connectivity index is 1.06. The average molecular weight is 535 g/mol. The first-order valence-corrected chi connectivity index (χ1v) is 13.1. The van der Waals surface area contributed by atoms with Crippen molar-refractivity contribution in [2.24, 2.45) is 0 Å². The number of hydrogen-bond donors (Lipinski definition) is 0. The maximum Gasteiger partial charge on any atom is 0.282 e. The molecule has 2 aliphatic rings. The normalized spacial score (nSPS) is 17.4. The van der Waals surface area contributed by atoms with Crippen LogP contribution in [0.25, 0.3) is 0 Å². The van der Waals surface area contributed by atoms with Gasteiger partial charge in [-0.05, 0) is 35.4 Å². The molecule has 1 aromatic heterocycles. The van der Waals surface area contributed by atoms with Crippen LogP contribution in [0.15, 0.2) is 48.0 Å². The Morgan fingerprint density at radius 1 is 1.06 bits per heavy atom. The Labute approximate surface area is 217 Å². The van der Waals surface area contributed by atoms with E-state index in [1.54, 1.807) is 36.5 Å². The van der Waals surface area contributed by atoms with E-state index in [9.17, 15) is 9.18 Å². The Morgan fingerprint density at radius 2 is 1.83 bits per heavy atom. The third kappa shape index (κ3) is 5.78. The van der Waals surface area contributed by atoms with Gasteiger partial charge < -0.3 is 9.64 Å². The molecule has 35 heavy (non-hydrogen) atoms. The first kappa shape index (κ1) is 24.5. The van der Waals surface area contributed by atoms with Crippen molar-refractivity contribution < 1.29 is 13.9 Å². The zero-order chi connectivity index (χ0) is 24.4. The molecule has 0 unspecified atom stereocenters. The van der Waals surface area contributed by atoms with Crippen LogP contribution in [-0.4, -0.2) is 70.9 Å². The van der Waals surface area contributed by atoms with Crippen LogP contribution in [0.5, 0.6) is 5.75 Å². The predicted octanol–water partition coefficient (Wildman–Crippen LogP) is 4.81. The van der Waals surface area contributed by atoms with E-state index in [0.717, 1.165) is 50.4 Å². The summed E-state index contributed by atoms with van der Waals surface area (Å²) < 4.78 is 20.2. The van der Waals surface area contributed by atoms with Crippen LogP contribution in [0.1, 0.15) is 20.9 Å². The second kappa shape index (κ2) is 10.8. The molecule has 0 N–H and O–H groups in total. The molecule has 0 radical (unpaired) electrons. The summed E-state index contributed by atoms with van der Waals surface area (Å²) in [5.74, 6) is -0.131. The van der Waals surface area contributed by atoms with E-state index >= 15 is 0 Å². The van der Waals surface area contributed by atoms with E-state index in [1.807, 2.05) is 16.3 Å². The number of carbonyl (C=O) groups is 1. The summed E-state index contributed by atoms with van der Waals surface area (Å²) in [5, 5.41) is 3.31. The van der Waals surface area contributed by atoms with Crippen molar-refractivity contribution in [2.45, 2.75) is 19.2 Å². The molecule has 1 amide bonds. The first-order chi connectivity index (χ1) is 17.0. The minimum Gasteiger partial charge on any atom is -0.486 e. The van der Waals surface area contributed by atoms with E-state index < -0.39 is 0 Å². The molecule has 184 valence electrons. The number of likely N-dealkylation sites (tertiary alicyclic amines) is 1. The fraction of sp³-hybridized carbons (Fsp3) is 0.360. The van der Waals surface area contributed by atoms with Crippen molar-refractivity contribution in [3.8, 4) is 5.75 Å². The van der Waals surface area contributed by atoms with E-state index in [4.69, 9.17) is 27.9 Å². The lowest BCUT2D eigenvalue weighted by Gasteiger charge is -2.48. The summed E-state index contributed by atoms with van der Waals surface area (Å²) in [4.78, 5) is 23.2. The quantitative estimate of drug-likeness (QED) is 0.435. The van der Waals surface area contributed by atoms with Gasteiger partial charge in [0.25, 0.3) is 5.91 Å². The van der Waals surface area contributed by atoms with Crippen molar-refractivity contribution in [1.29, 1.82) is 0 Å². The molecule has 3 aromatic rings. The number of carbonyl (C=O) groups excluding carboxylic acids is 1. The minimum absolute atomic E-state index is 0.0290. The molecule has 0 atom stereocenters. The molecule has 6 nitrogen and oxygen atoms in total. The fourth-order valence-electron chi connectivity index (χ4n) is 4.47. The van der Waals surface area contributed by atoms with Crippen molar-refractivity contribution in [2.75, 3.05) is 39.3 Å². The molecule has 2 saturated heterocycles. The van der Waals surface area contributed by atoms with E-state index in [0.29, 0.717) is 27.6 Å². The van der Waals surface area contributed by atoms with Gasteiger partial charge in [-0.25, -0.2) is 9.37 Å². The second-order valence-electron chi connectivity index (χ2n) is 8.82. The van der Waals surface area contributed by atoms with Gasteiger partial charge in [-0.3, -0.25) is 14.6 Å². The third-order valence-electron chi connectivity index (χ3n) is 6.45. The highest BCUT2D eigenvalue weighted by atomic mass is 35.5. The Hall–Kier alpha value is -2.23. The summed E-state index contributed by atoms with van der Waals surface area (Å²) in [5.41, 5.74) is 1.74. The Bertz CT molecular complexity index is 1180. The van der Waals surface area contributed by atoms with Crippen molar-refractivity contribution in [3.05, 3.63) is 80.0 Å². The summed E-state index contributed by atoms with van der Waals surface area (Å²) in [6, 6.07) is 10.8. The van der Waals surface area contributed by atoms with Crippen molar-refractivity contribution in [3.63, 3.8) is 0 Å². The second-order valence-corrected chi connectivity index (χ2v) is 10.5. The number of aromatic nitrogens is 1. The molecule has 10 heteroatoms. The number of piperazine rings is 1. The van der Waals surface area contributed by atoms with Gasteiger partial charge in [0.15, 0.2) is 16.6 Å². The number of nitrogens with zero attached hydrogens (tertiary/aromatic N) is 4. The van der Waals surface area contributed by atoms with Gasteiger partial charge >= 0.3 is 0 Å². The molecule has 2 aliphatic heterocycles. The number of ether oxygens (including phenoxy) is 1. The molecule has 0 bridgehead atoms. The van der Waals surface area contributed by atoms with Gasteiger partial charge in [0.1, 0.15) is 6.61 Å². The van der Waals surface area contributed by atoms with Crippen LogP contribution in [-0.2, 0) is 13.2 Å². The van der Waals surface area contributed by atoms with Gasteiger partial charge in [0, 0.05) is 63.4 Å². The zero-order valence-corrected chi connectivity index (χ0v) is 21.3. The van der Waals surface area contributed by atoms with Crippen molar-refractivity contribution >= 4 is 40.4 Å². The van der Waals surface area contributed by atoms with Gasteiger partial charge in [-0.15, -0.1) is 11.3 Å². The largest absolute Gasteiger partial charge is 0.486 e. The molecular formula is C25H25Cl2FN4O2S. The lowest BCUT2D eigenvalue weighted by Crippen LogP contribution is -2.63. The van der Waals surface area contributed by atoms with Gasteiger partial charge in [-0.2, -0.15) is 0 Å². The zero-order valence-electron chi connectivity index (χ0n) is 19.0. The van der Waals surface area contributed by atoms with Crippen LogP contribution in [0.2, 0.25) is 10.0 Å². The number of thiazole rings is 1. The topological polar surface area (TPSA) is 48.9 Å². The number of rotatable bonds is 7. The molecule has 2 aromatic carbocycles. The van der Waals surface area contributed by atoms with Crippen LogP contribution < -0.4 is 4.74 Å². The average Bonchev–Trinajstić information content (AvgIpc) is 3.37. The van der Waals surface area contributed by atoms with Gasteiger partial charge in [0.05, 0.1) is 10.0 Å². The van der Waals surface area contributed by atoms with Gasteiger partial charge in [0.2, 0.25) is 0 Å². The van der Waals surface area contributed by atoms with E-state index in [1.165, 1.54) is 11.3 Å². The molecule has 2 fully saturated rings. The minimum atomic E-state index is -0.374. The van der Waals surface area contributed by atoms with Crippen LogP contribution in [0, 0.1) is 5.82 Å². The smallest absolute Gasteiger partial charge is 0.282 e. The highest BCUT2D eigenvalue weighted by Gasteiger charge is 2.34. The molecular weight excluding hydrogens is 510 g/mol. The molecule has 3 heterocycles. The summed E-state index contributed by atoms with van der Waals surface area (Å²) in [6.45, 7) is 5.99. The van der Waals surface area contributed by atoms with Gasteiger partial charge in [-0.1, -0.05) is 35.3 Å². The monoisotopic (exact) mass is 534 g/mol. The number of amides is 1. The molecule has 0 spiro atoms. The molecule has 0 saturated carbocycles. The SMILES string of the molecule is O=C(c1nccs1)N1CCN(C2CN(Cc3ccc(OCc4ccc(Cl)c(Cl)c4)c(F)c3)C2)CC1. The van der Waals surface area contributed by atoms with E-state index in [2.05, 4.69) is 14.8 Å². The number of benzene rings is 2. The standard InChI is InChI=1S/C25H25Cl2FN4O2S/c26-20-3-1-18(11-21(20)27)16-34-23-4-2-17(12-22(23)28)13-30-14-19(15-30)31-6-8-32(9-7-31)25(33)24-29-5-10-35-24/h1-5,10-12,19H,6-9,13-16H2. The van der Waals surface area contributed by atoms with Crippen LogP contribution in [0.3, 0.4) is 0 Å². The Kier molecular flexibility index (Phi) is 7.55. The molecule has 0 aliphatic carbocycles. The van der Waals surface area contributed by atoms with E-state index in [-0.39, 0.29) is 24.1 Å². The predicted molar refractivity (Wildman–Crippen MR) is 136 cm³/mol. The summed E-state index contributed by atoms with van der Waals surface area (Å²) in [6.07, 6.45) is 1.67. The first-order valence-electron chi connectivity index (χ1n) is 11.5. The highest BCUT2D eigenvalue weighted by Crippen LogP contribution is 2.26. The lowest BCUT2D eigenvalue weighted by atomic mass is 10.0. The number of halogens is 3. The molecule has 5 rings (SSSR count). The maximum atomic E-state index is 14.6. The van der Waals surface area contributed by atoms with Crippen LogP contribution in [0.4, 0.5) is 4.39 Å².